The molecule has 0 bridgehead atoms. The van der Waals surface area contributed by atoms with Crippen LogP contribution in [0, 0.1) is 6.92 Å². The topological polar surface area (TPSA) is 56.3 Å². The lowest BCUT2D eigenvalue weighted by Gasteiger charge is -2.22. The van der Waals surface area contributed by atoms with Crippen LogP contribution in [0.25, 0.3) is 0 Å². The number of H-pyrrole nitrogens is 1. The van der Waals surface area contributed by atoms with Gasteiger partial charge in [-0.15, -0.1) is 0 Å². The van der Waals surface area contributed by atoms with E-state index < -0.39 is 0 Å². The normalized spacial score (nSPS) is 10.6. The van der Waals surface area contributed by atoms with Crippen LogP contribution in [0.1, 0.15) is 28.0 Å². The molecule has 2 N–H and O–H groups in total. The summed E-state index contributed by atoms with van der Waals surface area (Å²) < 4.78 is 0. The Morgan fingerprint density at radius 2 is 2.19 bits per heavy atom. The third-order valence-electron chi connectivity index (χ3n) is 3.32. The van der Waals surface area contributed by atoms with Crippen molar-refractivity contribution >= 4 is 17.5 Å². The molecule has 2 rings (SSSR count). The lowest BCUT2D eigenvalue weighted by atomic mass is 10.1. The van der Waals surface area contributed by atoms with E-state index in [0.29, 0.717) is 30.1 Å². The van der Waals surface area contributed by atoms with Crippen molar-refractivity contribution in [1.29, 1.82) is 0 Å². The molecule has 2 aromatic rings. The maximum absolute atomic E-state index is 12.6. The minimum Gasteiger partial charge on any atom is -0.396 e. The predicted octanol–water partition coefficient (Wildman–Crippen LogP) is 3.00. The summed E-state index contributed by atoms with van der Waals surface area (Å²) in [4.78, 5) is 17.4. The highest BCUT2D eigenvalue weighted by Gasteiger charge is 2.18. The summed E-state index contributed by atoms with van der Waals surface area (Å²) in [6.07, 6.45) is 2.31. The number of carbonyl (C=O) groups is 1. The largest absolute Gasteiger partial charge is 0.396 e. The first kappa shape index (κ1) is 15.6. The molecule has 1 amide bonds. The number of rotatable bonds is 6. The number of aromatic amines is 1. The molecule has 0 fully saturated rings. The zero-order valence-electron chi connectivity index (χ0n) is 12.0. The van der Waals surface area contributed by atoms with E-state index in [2.05, 4.69) is 4.98 Å². The van der Waals surface area contributed by atoms with Crippen molar-refractivity contribution in [3.63, 3.8) is 0 Å². The van der Waals surface area contributed by atoms with Gasteiger partial charge in [0.1, 0.15) is 0 Å². The monoisotopic (exact) mass is 306 g/mol. The van der Waals surface area contributed by atoms with Crippen LogP contribution in [-0.2, 0) is 6.54 Å². The smallest absolute Gasteiger partial charge is 0.255 e. The molecule has 1 aromatic carbocycles. The molecule has 112 valence electrons. The zero-order valence-corrected chi connectivity index (χ0v) is 12.7. The molecular weight excluding hydrogens is 288 g/mol. The standard InChI is InChI=1S/C16H19ClN2O2/c1-12-15(6-7-18-12)16(21)19(8-3-9-20)11-13-4-2-5-14(17)10-13/h2,4-7,10,18,20H,3,8-9,11H2,1H3. The molecule has 21 heavy (non-hydrogen) atoms. The van der Waals surface area contributed by atoms with Gasteiger partial charge in [0.25, 0.3) is 5.91 Å². The van der Waals surface area contributed by atoms with Gasteiger partial charge in [0.05, 0.1) is 5.56 Å². The van der Waals surface area contributed by atoms with Crippen LogP contribution in [0.3, 0.4) is 0 Å². The van der Waals surface area contributed by atoms with Gasteiger partial charge in [0, 0.05) is 36.6 Å². The fraction of sp³-hybridized carbons (Fsp3) is 0.312. The van der Waals surface area contributed by atoms with Crippen LogP contribution >= 0.6 is 11.6 Å². The van der Waals surface area contributed by atoms with E-state index in [4.69, 9.17) is 16.7 Å². The van der Waals surface area contributed by atoms with Gasteiger partial charge >= 0.3 is 0 Å². The fourth-order valence-electron chi connectivity index (χ4n) is 2.22. The minimum atomic E-state index is -0.0397. The number of aromatic nitrogens is 1. The number of aliphatic hydroxyl groups is 1. The molecule has 0 aliphatic heterocycles. The Hall–Kier alpha value is -1.78. The van der Waals surface area contributed by atoms with E-state index in [1.807, 2.05) is 25.1 Å². The van der Waals surface area contributed by atoms with Gasteiger partial charge in [0.2, 0.25) is 0 Å². The van der Waals surface area contributed by atoms with Crippen molar-refractivity contribution < 1.29 is 9.90 Å². The SMILES string of the molecule is Cc1[nH]ccc1C(=O)N(CCCO)Cc1cccc(Cl)c1. The lowest BCUT2D eigenvalue weighted by Crippen LogP contribution is -2.32. The number of amides is 1. The van der Waals surface area contributed by atoms with Gasteiger partial charge in [-0.1, -0.05) is 23.7 Å². The third-order valence-corrected chi connectivity index (χ3v) is 3.56. The minimum absolute atomic E-state index is 0.0397. The second-order valence-corrected chi connectivity index (χ2v) is 5.39. The van der Waals surface area contributed by atoms with Gasteiger partial charge in [-0.25, -0.2) is 0 Å². The van der Waals surface area contributed by atoms with Crippen molar-refractivity contribution in [2.75, 3.05) is 13.2 Å². The number of hydrogen-bond acceptors (Lipinski definition) is 2. The Balaban J connectivity index is 2.18. The first-order valence-electron chi connectivity index (χ1n) is 6.90. The number of benzene rings is 1. The Morgan fingerprint density at radius 3 is 2.81 bits per heavy atom. The number of aliphatic hydroxyl groups excluding tert-OH is 1. The second-order valence-electron chi connectivity index (χ2n) is 4.95. The lowest BCUT2D eigenvalue weighted by molar-refractivity contribution is 0.0731. The molecule has 1 aromatic heterocycles. The van der Waals surface area contributed by atoms with Gasteiger partial charge < -0.3 is 15.0 Å². The van der Waals surface area contributed by atoms with Crippen LogP contribution in [0.15, 0.2) is 36.5 Å². The van der Waals surface area contributed by atoms with E-state index in [1.54, 1.807) is 23.2 Å². The average molecular weight is 307 g/mol. The summed E-state index contributed by atoms with van der Waals surface area (Å²) in [5, 5.41) is 9.68. The average Bonchev–Trinajstić information content (AvgIpc) is 2.89. The summed E-state index contributed by atoms with van der Waals surface area (Å²) >= 11 is 5.99. The fourth-order valence-corrected chi connectivity index (χ4v) is 2.44. The summed E-state index contributed by atoms with van der Waals surface area (Å²) in [7, 11) is 0. The Bertz CT molecular complexity index is 610. The molecule has 0 saturated carbocycles. The molecular formula is C16H19ClN2O2. The molecule has 0 atom stereocenters. The van der Waals surface area contributed by atoms with Gasteiger partial charge in [0.15, 0.2) is 0 Å². The number of aryl methyl sites for hydroxylation is 1. The van der Waals surface area contributed by atoms with Crippen molar-refractivity contribution in [1.82, 2.24) is 9.88 Å². The second kappa shape index (κ2) is 7.29. The molecule has 1 heterocycles. The van der Waals surface area contributed by atoms with E-state index in [-0.39, 0.29) is 12.5 Å². The first-order valence-corrected chi connectivity index (χ1v) is 7.28. The predicted molar refractivity (Wildman–Crippen MR) is 83.4 cm³/mol. The quantitative estimate of drug-likeness (QED) is 0.862. The van der Waals surface area contributed by atoms with Gasteiger partial charge in [-0.05, 0) is 37.1 Å². The molecule has 0 radical (unpaired) electrons. The molecule has 0 spiro atoms. The van der Waals surface area contributed by atoms with E-state index in [1.165, 1.54) is 0 Å². The van der Waals surface area contributed by atoms with Crippen molar-refractivity contribution in [3.8, 4) is 0 Å². The summed E-state index contributed by atoms with van der Waals surface area (Å²) in [5.41, 5.74) is 2.48. The molecule has 5 heteroatoms. The van der Waals surface area contributed by atoms with Crippen LogP contribution < -0.4 is 0 Å². The maximum Gasteiger partial charge on any atom is 0.255 e. The highest BCUT2D eigenvalue weighted by atomic mass is 35.5. The Kier molecular flexibility index (Phi) is 5.42. The number of nitrogens with one attached hydrogen (secondary N) is 1. The Labute approximate surface area is 129 Å². The number of nitrogens with zero attached hydrogens (tertiary/aromatic N) is 1. The van der Waals surface area contributed by atoms with E-state index >= 15 is 0 Å². The summed E-state index contributed by atoms with van der Waals surface area (Å²) in [6, 6.07) is 9.25. The highest BCUT2D eigenvalue weighted by molar-refractivity contribution is 6.30. The first-order chi connectivity index (χ1) is 10.1. The van der Waals surface area contributed by atoms with E-state index in [0.717, 1.165) is 11.3 Å². The molecule has 0 saturated heterocycles. The third kappa shape index (κ3) is 4.09. The zero-order chi connectivity index (χ0) is 15.2. The maximum atomic E-state index is 12.6. The van der Waals surface area contributed by atoms with E-state index in [9.17, 15) is 4.79 Å². The van der Waals surface area contributed by atoms with Gasteiger partial charge in [-0.3, -0.25) is 4.79 Å². The van der Waals surface area contributed by atoms with Crippen LogP contribution in [-0.4, -0.2) is 34.0 Å². The number of carbonyl (C=O) groups excluding carboxylic acids is 1. The molecule has 0 aliphatic carbocycles. The van der Waals surface area contributed by atoms with Crippen LogP contribution in [0.5, 0.6) is 0 Å². The molecule has 0 aliphatic rings. The van der Waals surface area contributed by atoms with Gasteiger partial charge in [-0.2, -0.15) is 0 Å². The summed E-state index contributed by atoms with van der Waals surface area (Å²) in [6.45, 7) is 2.92. The number of halogens is 1. The van der Waals surface area contributed by atoms with Crippen LogP contribution in [0.4, 0.5) is 0 Å². The van der Waals surface area contributed by atoms with Crippen LogP contribution in [0.2, 0.25) is 5.02 Å². The molecule has 4 nitrogen and oxygen atoms in total. The highest BCUT2D eigenvalue weighted by Crippen LogP contribution is 2.16. The van der Waals surface area contributed by atoms with Crippen molar-refractivity contribution in [3.05, 3.63) is 58.4 Å². The van der Waals surface area contributed by atoms with Crippen molar-refractivity contribution in [2.45, 2.75) is 19.9 Å². The number of hydrogen-bond donors (Lipinski definition) is 2. The summed E-state index contributed by atoms with van der Waals surface area (Å²) in [5.74, 6) is -0.0397. The van der Waals surface area contributed by atoms with Crippen molar-refractivity contribution in [2.24, 2.45) is 0 Å². The Morgan fingerprint density at radius 1 is 1.38 bits per heavy atom. The molecule has 0 unspecified atom stereocenters.